The number of carbonyl (C=O) groups is 1. The summed E-state index contributed by atoms with van der Waals surface area (Å²) in [5.74, 6) is 0.702. The smallest absolute Gasteiger partial charge is 0.249 e. The Morgan fingerprint density at radius 2 is 2.00 bits per heavy atom. The lowest BCUT2D eigenvalue weighted by molar-refractivity contribution is -0.128. The standard InChI is InChI=1S/C22H30N2O2/c1-4-17(3)22(25)23-12-10-18(11-13-23)20-16-24(14-15-26-5-2)21-9-7-6-8-19(20)21/h4,6-9,16,18H,5,10-15H2,1-3H3/b17-4+. The average Bonchev–Trinajstić information content (AvgIpc) is 3.06. The lowest BCUT2D eigenvalue weighted by atomic mass is 9.89. The van der Waals surface area contributed by atoms with Gasteiger partial charge in [0.15, 0.2) is 0 Å². The van der Waals surface area contributed by atoms with Crippen molar-refractivity contribution in [3.05, 3.63) is 47.7 Å². The Balaban J connectivity index is 1.76. The van der Waals surface area contributed by atoms with Crippen LogP contribution in [-0.4, -0.2) is 41.7 Å². The molecule has 1 aliphatic heterocycles. The van der Waals surface area contributed by atoms with Crippen LogP contribution in [0.5, 0.6) is 0 Å². The van der Waals surface area contributed by atoms with Gasteiger partial charge in [-0.1, -0.05) is 24.3 Å². The number of benzene rings is 1. The van der Waals surface area contributed by atoms with Crippen molar-refractivity contribution in [2.45, 2.75) is 46.1 Å². The third-order valence-corrected chi connectivity index (χ3v) is 5.49. The Morgan fingerprint density at radius 1 is 1.27 bits per heavy atom. The summed E-state index contributed by atoms with van der Waals surface area (Å²) in [5, 5.41) is 1.35. The van der Waals surface area contributed by atoms with E-state index in [9.17, 15) is 4.79 Å². The van der Waals surface area contributed by atoms with E-state index < -0.39 is 0 Å². The van der Waals surface area contributed by atoms with E-state index in [1.807, 2.05) is 31.7 Å². The van der Waals surface area contributed by atoms with Crippen LogP contribution in [0.25, 0.3) is 10.9 Å². The molecule has 1 aromatic carbocycles. The van der Waals surface area contributed by atoms with Crippen molar-refractivity contribution in [3.8, 4) is 0 Å². The molecule has 4 nitrogen and oxygen atoms in total. The Labute approximate surface area is 156 Å². The first-order chi connectivity index (χ1) is 12.7. The van der Waals surface area contributed by atoms with Gasteiger partial charge in [0, 0.05) is 48.9 Å². The van der Waals surface area contributed by atoms with E-state index in [1.54, 1.807) is 0 Å². The van der Waals surface area contributed by atoms with E-state index in [2.05, 4.69) is 35.0 Å². The topological polar surface area (TPSA) is 34.5 Å². The molecule has 140 valence electrons. The van der Waals surface area contributed by atoms with Crippen LogP contribution in [-0.2, 0) is 16.1 Å². The number of allylic oxidation sites excluding steroid dienone is 1. The lowest BCUT2D eigenvalue weighted by Crippen LogP contribution is -2.38. The summed E-state index contributed by atoms with van der Waals surface area (Å²) in [7, 11) is 0. The molecule has 26 heavy (non-hydrogen) atoms. The molecule has 0 bridgehead atoms. The Bertz CT molecular complexity index is 783. The number of para-hydroxylation sites is 1. The molecule has 4 heteroatoms. The molecule has 0 unspecified atom stereocenters. The summed E-state index contributed by atoms with van der Waals surface area (Å²) in [4.78, 5) is 14.4. The van der Waals surface area contributed by atoms with Crippen LogP contribution in [0.3, 0.4) is 0 Å². The van der Waals surface area contributed by atoms with Gasteiger partial charge in [-0.05, 0) is 51.2 Å². The van der Waals surface area contributed by atoms with Crippen molar-refractivity contribution < 1.29 is 9.53 Å². The highest BCUT2D eigenvalue weighted by atomic mass is 16.5. The van der Waals surface area contributed by atoms with Gasteiger partial charge < -0.3 is 14.2 Å². The van der Waals surface area contributed by atoms with Crippen molar-refractivity contribution in [1.29, 1.82) is 0 Å². The summed E-state index contributed by atoms with van der Waals surface area (Å²) in [6, 6.07) is 8.64. The molecular formula is C22H30N2O2. The minimum atomic E-state index is 0.185. The van der Waals surface area contributed by atoms with Gasteiger partial charge in [-0.15, -0.1) is 0 Å². The van der Waals surface area contributed by atoms with Crippen LogP contribution in [0.15, 0.2) is 42.1 Å². The number of carbonyl (C=O) groups excluding carboxylic acids is 1. The molecular weight excluding hydrogens is 324 g/mol. The van der Waals surface area contributed by atoms with Crippen molar-refractivity contribution in [1.82, 2.24) is 9.47 Å². The third-order valence-electron chi connectivity index (χ3n) is 5.49. The highest BCUT2D eigenvalue weighted by molar-refractivity contribution is 5.92. The summed E-state index contributed by atoms with van der Waals surface area (Å²) >= 11 is 0. The Hall–Kier alpha value is -2.07. The Morgan fingerprint density at radius 3 is 2.69 bits per heavy atom. The van der Waals surface area contributed by atoms with Gasteiger partial charge in [0.05, 0.1) is 6.61 Å². The number of rotatable bonds is 6. The second-order valence-corrected chi connectivity index (χ2v) is 7.03. The number of likely N-dealkylation sites (tertiary alicyclic amines) is 1. The van der Waals surface area contributed by atoms with Crippen LogP contribution >= 0.6 is 0 Å². The zero-order valence-electron chi connectivity index (χ0n) is 16.2. The van der Waals surface area contributed by atoms with E-state index in [1.165, 1.54) is 16.5 Å². The highest BCUT2D eigenvalue weighted by Crippen LogP contribution is 2.34. The second kappa shape index (κ2) is 8.54. The minimum Gasteiger partial charge on any atom is -0.380 e. The van der Waals surface area contributed by atoms with Crippen LogP contribution in [0, 0.1) is 0 Å². The number of piperidine rings is 1. The maximum Gasteiger partial charge on any atom is 0.249 e. The first-order valence-corrected chi connectivity index (χ1v) is 9.73. The fourth-order valence-corrected chi connectivity index (χ4v) is 3.86. The van der Waals surface area contributed by atoms with Crippen LogP contribution < -0.4 is 0 Å². The molecule has 3 rings (SSSR count). The fourth-order valence-electron chi connectivity index (χ4n) is 3.86. The van der Waals surface area contributed by atoms with E-state index in [-0.39, 0.29) is 5.91 Å². The lowest BCUT2D eigenvalue weighted by Gasteiger charge is -2.32. The molecule has 0 atom stereocenters. The van der Waals surface area contributed by atoms with Gasteiger partial charge in [-0.2, -0.15) is 0 Å². The van der Waals surface area contributed by atoms with Crippen molar-refractivity contribution in [3.63, 3.8) is 0 Å². The largest absolute Gasteiger partial charge is 0.380 e. The van der Waals surface area contributed by atoms with E-state index in [4.69, 9.17) is 4.74 Å². The first-order valence-electron chi connectivity index (χ1n) is 9.73. The monoisotopic (exact) mass is 354 g/mol. The average molecular weight is 354 g/mol. The summed E-state index contributed by atoms with van der Waals surface area (Å²) in [5.41, 5.74) is 3.55. The molecule has 1 fully saturated rings. The molecule has 0 aliphatic carbocycles. The molecule has 0 saturated carbocycles. The molecule has 0 N–H and O–H groups in total. The van der Waals surface area contributed by atoms with Crippen molar-refractivity contribution in [2.75, 3.05) is 26.3 Å². The molecule has 0 spiro atoms. The normalized spacial score (nSPS) is 16.4. The van der Waals surface area contributed by atoms with Gasteiger partial charge in [-0.25, -0.2) is 0 Å². The maximum atomic E-state index is 12.4. The summed E-state index contributed by atoms with van der Waals surface area (Å²) in [6.07, 6.45) is 6.27. The van der Waals surface area contributed by atoms with Gasteiger partial charge in [0.25, 0.3) is 0 Å². The molecule has 2 aromatic rings. The number of fused-ring (bicyclic) bond motifs is 1. The Kier molecular flexibility index (Phi) is 6.15. The maximum absolute atomic E-state index is 12.4. The number of aromatic nitrogens is 1. The second-order valence-electron chi connectivity index (χ2n) is 7.03. The summed E-state index contributed by atoms with van der Waals surface area (Å²) in [6.45, 7) is 9.92. The minimum absolute atomic E-state index is 0.185. The van der Waals surface area contributed by atoms with Gasteiger partial charge in [-0.3, -0.25) is 4.79 Å². The van der Waals surface area contributed by atoms with E-state index in [0.29, 0.717) is 5.92 Å². The van der Waals surface area contributed by atoms with Crippen molar-refractivity contribution >= 4 is 16.8 Å². The zero-order valence-corrected chi connectivity index (χ0v) is 16.2. The number of ether oxygens (including phenoxy) is 1. The third kappa shape index (κ3) is 3.85. The number of hydrogen-bond acceptors (Lipinski definition) is 2. The quantitative estimate of drug-likeness (QED) is 0.571. The summed E-state index contributed by atoms with van der Waals surface area (Å²) < 4.78 is 7.87. The van der Waals surface area contributed by atoms with Crippen molar-refractivity contribution in [2.24, 2.45) is 0 Å². The van der Waals surface area contributed by atoms with Crippen LogP contribution in [0.1, 0.15) is 45.1 Å². The SMILES string of the molecule is C/C=C(\C)C(=O)N1CCC(c2cn(CCOCC)c3ccccc23)CC1. The van der Waals surface area contributed by atoms with Gasteiger partial charge >= 0.3 is 0 Å². The van der Waals surface area contributed by atoms with E-state index in [0.717, 1.165) is 51.3 Å². The molecule has 0 radical (unpaired) electrons. The fraction of sp³-hybridized carbons (Fsp3) is 0.500. The molecule has 1 amide bonds. The molecule has 2 heterocycles. The molecule has 1 saturated heterocycles. The molecule has 1 aliphatic rings. The zero-order chi connectivity index (χ0) is 18.5. The van der Waals surface area contributed by atoms with Crippen LogP contribution in [0.4, 0.5) is 0 Å². The highest BCUT2D eigenvalue weighted by Gasteiger charge is 2.26. The number of amides is 1. The number of nitrogens with zero attached hydrogens (tertiary/aromatic N) is 2. The molecule has 1 aromatic heterocycles. The number of hydrogen-bond donors (Lipinski definition) is 0. The first kappa shape index (κ1) is 18.7. The predicted octanol–water partition coefficient (Wildman–Crippen LogP) is 4.35. The van der Waals surface area contributed by atoms with Gasteiger partial charge in [0.2, 0.25) is 5.91 Å². The predicted molar refractivity (Wildman–Crippen MR) is 106 cm³/mol. The van der Waals surface area contributed by atoms with E-state index >= 15 is 0 Å². The van der Waals surface area contributed by atoms with Gasteiger partial charge in [0.1, 0.15) is 0 Å². The van der Waals surface area contributed by atoms with Crippen LogP contribution in [0.2, 0.25) is 0 Å².